The maximum absolute atomic E-state index is 11.7. The molecule has 0 aromatic heterocycles. The number of ether oxygens (including phenoxy) is 1. The average Bonchev–Trinajstić information content (AvgIpc) is 2.70. The molecular formula is C13H21N3O4. The molecule has 0 saturated carbocycles. The minimum Gasteiger partial charge on any atom is -0.444 e. The summed E-state index contributed by atoms with van der Waals surface area (Å²) in [7, 11) is 0. The van der Waals surface area contributed by atoms with E-state index in [1.165, 1.54) is 0 Å². The first-order valence-corrected chi connectivity index (χ1v) is 6.58. The van der Waals surface area contributed by atoms with E-state index in [1.807, 2.05) is 0 Å². The molecule has 1 heterocycles. The summed E-state index contributed by atoms with van der Waals surface area (Å²) in [5.41, 5.74) is -0.670. The normalized spacial score (nSPS) is 21.6. The zero-order chi connectivity index (χ0) is 15.3. The van der Waals surface area contributed by atoms with Gasteiger partial charge in [0.15, 0.2) is 6.10 Å². The topological polar surface area (TPSA) is 111 Å². The fourth-order valence-electron chi connectivity index (χ4n) is 1.99. The molecule has 1 fully saturated rings. The van der Waals surface area contributed by atoms with E-state index in [1.54, 1.807) is 26.8 Å². The third kappa shape index (κ3) is 5.05. The molecule has 1 aliphatic heterocycles. The number of rotatable bonds is 4. The minimum absolute atomic E-state index is 0.119. The highest BCUT2D eigenvalue weighted by Gasteiger charge is 2.32. The van der Waals surface area contributed by atoms with Crippen LogP contribution in [0.25, 0.3) is 0 Å². The highest BCUT2D eigenvalue weighted by atomic mass is 16.6. The minimum atomic E-state index is -1.38. The van der Waals surface area contributed by atoms with Gasteiger partial charge in [0.05, 0.1) is 12.1 Å². The van der Waals surface area contributed by atoms with Crippen molar-refractivity contribution in [2.24, 2.45) is 5.92 Å². The summed E-state index contributed by atoms with van der Waals surface area (Å²) >= 11 is 0. The zero-order valence-electron chi connectivity index (χ0n) is 12.0. The molecule has 1 saturated heterocycles. The van der Waals surface area contributed by atoms with Gasteiger partial charge in [-0.1, -0.05) is 0 Å². The average molecular weight is 283 g/mol. The van der Waals surface area contributed by atoms with Gasteiger partial charge in [0.1, 0.15) is 5.60 Å². The van der Waals surface area contributed by atoms with E-state index >= 15 is 0 Å². The van der Waals surface area contributed by atoms with Crippen molar-refractivity contribution in [1.29, 1.82) is 5.26 Å². The lowest BCUT2D eigenvalue weighted by atomic mass is 9.95. The first-order chi connectivity index (χ1) is 9.23. The standard InChI is InChI=1S/C13H21N3O4/c1-13(2,3)20-12(19)16-9(10(17)7-14)6-8-4-5-15-11(8)18/h8-10,17H,4-6H2,1-3H3,(H,15,18)(H,16,19)/t8-,9-,10?/m0/s1. The van der Waals surface area contributed by atoms with Crippen molar-refractivity contribution in [3.05, 3.63) is 0 Å². The summed E-state index contributed by atoms with van der Waals surface area (Å²) in [6, 6.07) is 0.846. The third-order valence-corrected chi connectivity index (χ3v) is 2.92. The van der Waals surface area contributed by atoms with Gasteiger partial charge in [0.2, 0.25) is 5.91 Å². The van der Waals surface area contributed by atoms with Gasteiger partial charge >= 0.3 is 6.09 Å². The second-order valence-electron chi connectivity index (χ2n) is 5.84. The Balaban J connectivity index is 2.63. The number of alkyl carbamates (subject to hydrolysis) is 1. The van der Waals surface area contributed by atoms with Crippen LogP contribution in [0.3, 0.4) is 0 Å². The predicted octanol–water partition coefficient (Wildman–Crippen LogP) is 0.290. The van der Waals surface area contributed by atoms with Crippen LogP contribution in [0.5, 0.6) is 0 Å². The molecule has 7 heteroatoms. The number of carbonyl (C=O) groups excluding carboxylic acids is 2. The number of nitriles is 1. The monoisotopic (exact) mass is 283 g/mol. The van der Waals surface area contributed by atoms with Crippen LogP contribution in [0.15, 0.2) is 0 Å². The van der Waals surface area contributed by atoms with Gasteiger partial charge in [-0.05, 0) is 33.6 Å². The van der Waals surface area contributed by atoms with E-state index in [9.17, 15) is 14.7 Å². The fourth-order valence-corrected chi connectivity index (χ4v) is 1.99. The summed E-state index contributed by atoms with van der Waals surface area (Å²) in [5.74, 6) is -0.427. The van der Waals surface area contributed by atoms with Crippen LogP contribution in [-0.2, 0) is 9.53 Å². The Kier molecular flexibility index (Phi) is 5.34. The first-order valence-electron chi connectivity index (χ1n) is 6.58. The van der Waals surface area contributed by atoms with E-state index in [-0.39, 0.29) is 18.2 Å². The summed E-state index contributed by atoms with van der Waals surface area (Å²) in [6.45, 7) is 5.72. The van der Waals surface area contributed by atoms with Gasteiger partial charge in [-0.25, -0.2) is 4.79 Å². The van der Waals surface area contributed by atoms with Gasteiger partial charge in [-0.2, -0.15) is 5.26 Å². The van der Waals surface area contributed by atoms with Crippen LogP contribution >= 0.6 is 0 Å². The predicted molar refractivity (Wildman–Crippen MR) is 70.5 cm³/mol. The van der Waals surface area contributed by atoms with Crippen molar-refractivity contribution in [3.63, 3.8) is 0 Å². The van der Waals surface area contributed by atoms with Gasteiger partial charge in [0, 0.05) is 12.5 Å². The molecule has 1 aliphatic rings. The van der Waals surface area contributed by atoms with Crippen LogP contribution in [0, 0.1) is 17.2 Å². The van der Waals surface area contributed by atoms with Gasteiger partial charge in [-0.15, -0.1) is 0 Å². The molecule has 0 aliphatic carbocycles. The number of nitrogens with one attached hydrogen (secondary N) is 2. The van der Waals surface area contributed by atoms with Gasteiger partial charge in [0.25, 0.3) is 0 Å². The Hall–Kier alpha value is -1.81. The smallest absolute Gasteiger partial charge is 0.407 e. The zero-order valence-corrected chi connectivity index (χ0v) is 12.0. The van der Waals surface area contributed by atoms with E-state index in [0.29, 0.717) is 13.0 Å². The molecule has 1 unspecified atom stereocenters. The molecule has 0 bridgehead atoms. The highest BCUT2D eigenvalue weighted by Crippen LogP contribution is 2.18. The van der Waals surface area contributed by atoms with Crippen LogP contribution < -0.4 is 10.6 Å². The van der Waals surface area contributed by atoms with Crippen molar-refractivity contribution in [3.8, 4) is 6.07 Å². The molecule has 0 aromatic carbocycles. The van der Waals surface area contributed by atoms with Gasteiger partial charge < -0.3 is 20.5 Å². The van der Waals surface area contributed by atoms with Crippen LogP contribution in [0.2, 0.25) is 0 Å². The fraction of sp³-hybridized carbons (Fsp3) is 0.769. The molecule has 3 atom stereocenters. The number of nitrogens with zero attached hydrogens (tertiary/aromatic N) is 1. The Morgan fingerprint density at radius 3 is 2.75 bits per heavy atom. The molecular weight excluding hydrogens is 262 g/mol. The van der Waals surface area contributed by atoms with Crippen molar-refractivity contribution >= 4 is 12.0 Å². The number of hydrogen-bond donors (Lipinski definition) is 3. The maximum Gasteiger partial charge on any atom is 0.407 e. The first kappa shape index (κ1) is 16.2. The molecule has 0 aromatic rings. The molecule has 7 nitrogen and oxygen atoms in total. The summed E-state index contributed by atoms with van der Waals surface area (Å²) < 4.78 is 5.08. The van der Waals surface area contributed by atoms with E-state index in [2.05, 4.69) is 10.6 Å². The maximum atomic E-state index is 11.7. The summed E-state index contributed by atoms with van der Waals surface area (Å²) in [4.78, 5) is 23.2. The summed E-state index contributed by atoms with van der Waals surface area (Å²) in [5, 5.41) is 23.6. The number of hydrogen-bond acceptors (Lipinski definition) is 5. The SMILES string of the molecule is CC(C)(C)OC(=O)N[C@@H](C[C@@H]1CCNC1=O)C(O)C#N. The molecule has 0 radical (unpaired) electrons. The Labute approximate surface area is 118 Å². The highest BCUT2D eigenvalue weighted by molar-refractivity contribution is 5.80. The number of carbonyl (C=O) groups is 2. The number of aliphatic hydroxyl groups is 1. The van der Waals surface area contributed by atoms with E-state index < -0.39 is 23.8 Å². The Morgan fingerprint density at radius 2 is 2.30 bits per heavy atom. The Bertz CT molecular complexity index is 411. The van der Waals surface area contributed by atoms with Crippen molar-refractivity contribution in [1.82, 2.24) is 10.6 Å². The van der Waals surface area contributed by atoms with Gasteiger partial charge in [-0.3, -0.25) is 4.79 Å². The van der Waals surface area contributed by atoms with E-state index in [4.69, 9.17) is 10.00 Å². The van der Waals surface area contributed by atoms with Crippen LogP contribution in [-0.4, -0.2) is 41.4 Å². The lowest BCUT2D eigenvalue weighted by Gasteiger charge is -2.25. The molecule has 112 valence electrons. The lowest BCUT2D eigenvalue weighted by molar-refractivity contribution is -0.122. The number of amides is 2. The Morgan fingerprint density at radius 1 is 1.65 bits per heavy atom. The van der Waals surface area contributed by atoms with Crippen molar-refractivity contribution in [2.45, 2.75) is 51.4 Å². The largest absolute Gasteiger partial charge is 0.444 e. The molecule has 20 heavy (non-hydrogen) atoms. The molecule has 2 amide bonds. The lowest BCUT2D eigenvalue weighted by Crippen LogP contribution is -2.46. The molecule has 3 N–H and O–H groups in total. The van der Waals surface area contributed by atoms with E-state index in [0.717, 1.165) is 0 Å². The second kappa shape index (κ2) is 6.57. The quantitative estimate of drug-likeness (QED) is 0.642. The second-order valence-corrected chi connectivity index (χ2v) is 5.84. The summed E-state index contributed by atoms with van der Waals surface area (Å²) in [6.07, 6.45) is -1.25. The third-order valence-electron chi connectivity index (χ3n) is 2.92. The number of aliphatic hydroxyl groups excluding tert-OH is 1. The van der Waals surface area contributed by atoms with Crippen LogP contribution in [0.4, 0.5) is 4.79 Å². The molecule has 0 spiro atoms. The van der Waals surface area contributed by atoms with Crippen LogP contribution in [0.1, 0.15) is 33.6 Å². The van der Waals surface area contributed by atoms with Crippen molar-refractivity contribution < 1.29 is 19.4 Å². The van der Waals surface area contributed by atoms with Crippen molar-refractivity contribution in [2.75, 3.05) is 6.54 Å². The molecule has 1 rings (SSSR count).